The zero-order chi connectivity index (χ0) is 21.0. The first-order chi connectivity index (χ1) is 13.9. The number of hydrogen-bond acceptors (Lipinski definition) is 3. The lowest BCUT2D eigenvalue weighted by Gasteiger charge is -2.38. The monoisotopic (exact) mass is 440 g/mol. The summed E-state index contributed by atoms with van der Waals surface area (Å²) in [5.41, 5.74) is 0.935. The molecule has 0 bridgehead atoms. The summed E-state index contributed by atoms with van der Waals surface area (Å²) in [6, 6.07) is 5.89. The van der Waals surface area contributed by atoms with E-state index in [0.29, 0.717) is 35.5 Å². The fourth-order valence-electron chi connectivity index (χ4n) is 4.39. The first-order valence-electron chi connectivity index (χ1n) is 10.3. The van der Waals surface area contributed by atoms with E-state index in [9.17, 15) is 9.59 Å². The first kappa shape index (κ1) is 22.0. The molecule has 1 heterocycles. The molecule has 160 valence electrons. The Bertz CT molecular complexity index is 729. The van der Waals surface area contributed by atoms with Crippen LogP contribution in [-0.2, 0) is 4.79 Å². The lowest BCUT2D eigenvalue weighted by atomic mass is 9.83. The van der Waals surface area contributed by atoms with Gasteiger partial charge in [-0.05, 0) is 43.7 Å². The van der Waals surface area contributed by atoms with Gasteiger partial charge >= 0.3 is 6.03 Å². The van der Waals surface area contributed by atoms with Crippen molar-refractivity contribution in [1.29, 1.82) is 0 Å². The van der Waals surface area contributed by atoms with Gasteiger partial charge in [-0.15, -0.1) is 0 Å². The summed E-state index contributed by atoms with van der Waals surface area (Å²) in [5.74, 6) is 0.655. The Hall–Kier alpha value is -1.66. The van der Waals surface area contributed by atoms with Crippen molar-refractivity contribution in [3.8, 4) is 0 Å². The molecule has 0 radical (unpaired) electrons. The van der Waals surface area contributed by atoms with Crippen LogP contribution >= 0.6 is 23.2 Å². The first-order valence-corrected chi connectivity index (χ1v) is 11.1. The van der Waals surface area contributed by atoms with E-state index in [-0.39, 0.29) is 18.0 Å². The Morgan fingerprint density at radius 2 is 1.76 bits per heavy atom. The van der Waals surface area contributed by atoms with Gasteiger partial charge in [0, 0.05) is 52.7 Å². The quantitative estimate of drug-likeness (QED) is 0.772. The van der Waals surface area contributed by atoms with E-state index >= 15 is 0 Å². The van der Waals surface area contributed by atoms with E-state index in [0.717, 1.165) is 44.5 Å². The molecule has 1 aliphatic heterocycles. The summed E-state index contributed by atoms with van der Waals surface area (Å²) < 4.78 is 0. The molecule has 1 saturated heterocycles. The molecule has 1 aliphatic carbocycles. The third kappa shape index (κ3) is 5.28. The van der Waals surface area contributed by atoms with Crippen LogP contribution in [0.15, 0.2) is 18.2 Å². The summed E-state index contributed by atoms with van der Waals surface area (Å²) in [5, 5.41) is 3.81. The number of nitrogens with zero attached hydrogens (tertiary/aromatic N) is 3. The van der Waals surface area contributed by atoms with E-state index < -0.39 is 0 Å². The fraction of sp³-hybridized carbons (Fsp3) is 0.619. The highest BCUT2D eigenvalue weighted by Crippen LogP contribution is 2.33. The molecule has 2 aliphatic rings. The maximum atomic E-state index is 12.8. The topological polar surface area (TPSA) is 55.9 Å². The molecule has 1 aromatic rings. The van der Waals surface area contributed by atoms with Crippen molar-refractivity contribution in [2.45, 2.75) is 38.1 Å². The molecule has 3 amide bonds. The zero-order valence-electron chi connectivity index (χ0n) is 17.2. The third-order valence-electron chi connectivity index (χ3n) is 6.27. The molecular formula is C21H30Cl2N4O2. The lowest BCUT2D eigenvalue weighted by Crippen LogP contribution is -2.49. The number of amides is 3. The van der Waals surface area contributed by atoms with Gasteiger partial charge < -0.3 is 20.0 Å². The summed E-state index contributed by atoms with van der Waals surface area (Å²) >= 11 is 12.5. The van der Waals surface area contributed by atoms with Crippen LogP contribution in [0.3, 0.4) is 0 Å². The van der Waals surface area contributed by atoms with Crippen LogP contribution in [0.25, 0.3) is 0 Å². The molecule has 6 nitrogen and oxygen atoms in total. The lowest BCUT2D eigenvalue weighted by molar-refractivity contribution is -0.132. The van der Waals surface area contributed by atoms with Crippen LogP contribution in [0.4, 0.5) is 10.5 Å². The largest absolute Gasteiger partial charge is 0.367 e. The van der Waals surface area contributed by atoms with Gasteiger partial charge in [-0.2, -0.15) is 0 Å². The standard InChI is InChI=1S/C21H30Cl2N4O2/c1-24-21(29)25(2)16-8-6-15(7-9-16)14-19(28)27-12-10-26(11-13-27)18-5-3-4-17(22)20(18)23/h3-5,15-16H,6-14H2,1-2H3,(H,24,29). The SMILES string of the molecule is CNC(=O)N(C)C1CCC(CC(=O)N2CCN(c3cccc(Cl)c3Cl)CC2)CC1. The van der Waals surface area contributed by atoms with Crippen molar-refractivity contribution in [1.82, 2.24) is 15.1 Å². The highest BCUT2D eigenvalue weighted by Gasteiger charge is 2.29. The average Bonchev–Trinajstić information content (AvgIpc) is 2.75. The summed E-state index contributed by atoms with van der Waals surface area (Å²) in [6.45, 7) is 2.93. The van der Waals surface area contributed by atoms with Gasteiger partial charge in [0.2, 0.25) is 5.91 Å². The number of benzene rings is 1. The number of nitrogens with one attached hydrogen (secondary N) is 1. The summed E-state index contributed by atoms with van der Waals surface area (Å²) in [6.07, 6.45) is 4.52. The van der Waals surface area contributed by atoms with Gasteiger partial charge in [-0.25, -0.2) is 4.79 Å². The summed E-state index contributed by atoms with van der Waals surface area (Å²) in [4.78, 5) is 30.5. The van der Waals surface area contributed by atoms with E-state index in [1.807, 2.05) is 24.1 Å². The number of carbonyl (C=O) groups excluding carboxylic acids is 2. The van der Waals surface area contributed by atoms with E-state index in [1.165, 1.54) is 0 Å². The molecule has 1 aromatic carbocycles. The van der Waals surface area contributed by atoms with Crippen LogP contribution < -0.4 is 10.2 Å². The second-order valence-corrected chi connectivity index (χ2v) is 8.77. The van der Waals surface area contributed by atoms with Crippen LogP contribution in [-0.4, -0.2) is 68.1 Å². The van der Waals surface area contributed by atoms with E-state index in [4.69, 9.17) is 23.2 Å². The van der Waals surface area contributed by atoms with Crippen LogP contribution in [0.5, 0.6) is 0 Å². The molecule has 0 aromatic heterocycles. The minimum Gasteiger partial charge on any atom is -0.367 e. The molecule has 29 heavy (non-hydrogen) atoms. The van der Waals surface area contributed by atoms with Crippen LogP contribution in [0, 0.1) is 5.92 Å². The number of urea groups is 1. The van der Waals surface area contributed by atoms with Crippen molar-refractivity contribution in [2.24, 2.45) is 5.92 Å². The second-order valence-electron chi connectivity index (χ2n) is 7.99. The minimum atomic E-state index is -0.0396. The maximum absolute atomic E-state index is 12.8. The molecular weight excluding hydrogens is 411 g/mol. The predicted molar refractivity (Wildman–Crippen MR) is 118 cm³/mol. The third-order valence-corrected chi connectivity index (χ3v) is 7.07. The molecule has 1 N–H and O–H groups in total. The smallest absolute Gasteiger partial charge is 0.317 e. The number of hydrogen-bond donors (Lipinski definition) is 1. The second kappa shape index (κ2) is 9.90. The Labute approximate surface area is 183 Å². The highest BCUT2D eigenvalue weighted by molar-refractivity contribution is 6.43. The number of halogens is 2. The van der Waals surface area contributed by atoms with Crippen molar-refractivity contribution < 1.29 is 9.59 Å². The maximum Gasteiger partial charge on any atom is 0.317 e. The molecule has 1 saturated carbocycles. The number of piperazine rings is 1. The predicted octanol–water partition coefficient (Wildman–Crippen LogP) is 3.86. The van der Waals surface area contributed by atoms with Crippen molar-refractivity contribution in [3.05, 3.63) is 28.2 Å². The average molecular weight is 441 g/mol. The van der Waals surface area contributed by atoms with Gasteiger partial charge in [-0.1, -0.05) is 29.3 Å². The molecule has 3 rings (SSSR count). The Balaban J connectivity index is 1.45. The van der Waals surface area contributed by atoms with Crippen molar-refractivity contribution in [3.63, 3.8) is 0 Å². The van der Waals surface area contributed by atoms with Gasteiger partial charge in [0.05, 0.1) is 15.7 Å². The summed E-state index contributed by atoms with van der Waals surface area (Å²) in [7, 11) is 3.50. The van der Waals surface area contributed by atoms with E-state index in [2.05, 4.69) is 10.2 Å². The highest BCUT2D eigenvalue weighted by atomic mass is 35.5. The van der Waals surface area contributed by atoms with Gasteiger partial charge in [-0.3, -0.25) is 4.79 Å². The minimum absolute atomic E-state index is 0.0396. The molecule has 2 fully saturated rings. The van der Waals surface area contributed by atoms with E-state index in [1.54, 1.807) is 18.0 Å². The van der Waals surface area contributed by atoms with Crippen LogP contribution in [0.1, 0.15) is 32.1 Å². The van der Waals surface area contributed by atoms with Gasteiger partial charge in [0.1, 0.15) is 0 Å². The number of rotatable bonds is 4. The number of anilines is 1. The van der Waals surface area contributed by atoms with Gasteiger partial charge in [0.25, 0.3) is 0 Å². The Morgan fingerprint density at radius 3 is 2.38 bits per heavy atom. The molecule has 0 unspecified atom stereocenters. The zero-order valence-corrected chi connectivity index (χ0v) is 18.7. The number of carbonyl (C=O) groups is 2. The normalized spacial score (nSPS) is 22.3. The Morgan fingerprint density at radius 1 is 1.10 bits per heavy atom. The Kier molecular flexibility index (Phi) is 7.52. The van der Waals surface area contributed by atoms with Crippen molar-refractivity contribution >= 4 is 40.8 Å². The van der Waals surface area contributed by atoms with Crippen molar-refractivity contribution in [2.75, 3.05) is 45.2 Å². The molecule has 8 heteroatoms. The van der Waals surface area contributed by atoms with Gasteiger partial charge in [0.15, 0.2) is 0 Å². The van der Waals surface area contributed by atoms with Crippen LogP contribution in [0.2, 0.25) is 10.0 Å². The molecule has 0 spiro atoms. The fourth-order valence-corrected chi connectivity index (χ4v) is 4.80. The molecule has 0 atom stereocenters.